The lowest BCUT2D eigenvalue weighted by Gasteiger charge is -2.62. The molecule has 4 bridgehead atoms. The van der Waals surface area contributed by atoms with E-state index < -0.39 is 0 Å². The zero-order valence-electron chi connectivity index (χ0n) is 13.4. The standard InChI is InChI=1S/C20H28O/c1-13-3-5-17(6-4-13)19-18-8-15-7-16(9-18)12-20(19,11-15)10-14(2)21/h3-6,14-16,18-19,21H,7-12H2,1-2H3. The molecule has 4 saturated carbocycles. The normalized spacial score (nSPS) is 42.2. The van der Waals surface area contributed by atoms with Gasteiger partial charge in [0, 0.05) is 0 Å². The Bertz CT molecular complexity index is 496. The molecule has 1 nitrogen and oxygen atoms in total. The molecular weight excluding hydrogens is 256 g/mol. The summed E-state index contributed by atoms with van der Waals surface area (Å²) in [6.07, 6.45) is 7.93. The third-order valence-electron chi connectivity index (χ3n) is 6.60. The van der Waals surface area contributed by atoms with Crippen molar-refractivity contribution in [2.24, 2.45) is 23.2 Å². The summed E-state index contributed by atoms with van der Waals surface area (Å²) in [4.78, 5) is 0. The summed E-state index contributed by atoms with van der Waals surface area (Å²) in [6.45, 7) is 4.16. The van der Waals surface area contributed by atoms with Crippen LogP contribution in [0.4, 0.5) is 0 Å². The van der Waals surface area contributed by atoms with Crippen molar-refractivity contribution in [3.8, 4) is 0 Å². The maximum absolute atomic E-state index is 10.1. The molecule has 0 spiro atoms. The number of aliphatic hydroxyl groups excluding tert-OH is 1. The van der Waals surface area contributed by atoms with Crippen molar-refractivity contribution in [3.63, 3.8) is 0 Å². The molecule has 4 unspecified atom stereocenters. The van der Waals surface area contributed by atoms with Crippen molar-refractivity contribution in [2.75, 3.05) is 0 Å². The van der Waals surface area contributed by atoms with Crippen molar-refractivity contribution < 1.29 is 5.11 Å². The average Bonchev–Trinajstić information content (AvgIpc) is 2.38. The number of rotatable bonds is 3. The number of hydrogen-bond acceptors (Lipinski definition) is 1. The maximum atomic E-state index is 10.1. The molecule has 0 saturated heterocycles. The highest BCUT2D eigenvalue weighted by atomic mass is 16.3. The summed E-state index contributed by atoms with van der Waals surface area (Å²) >= 11 is 0. The molecule has 4 atom stereocenters. The van der Waals surface area contributed by atoms with Crippen LogP contribution in [0.2, 0.25) is 0 Å². The number of aliphatic hydroxyl groups is 1. The van der Waals surface area contributed by atoms with E-state index in [0.717, 1.165) is 24.2 Å². The first kappa shape index (κ1) is 13.8. The molecule has 1 aromatic rings. The molecule has 4 aliphatic rings. The Kier molecular flexibility index (Phi) is 3.19. The predicted octanol–water partition coefficient (Wildman–Crippen LogP) is 4.68. The molecule has 114 valence electrons. The van der Waals surface area contributed by atoms with Gasteiger partial charge in [0.25, 0.3) is 0 Å². The first-order valence-electron chi connectivity index (χ1n) is 8.80. The van der Waals surface area contributed by atoms with E-state index in [2.05, 4.69) is 31.2 Å². The fraction of sp³-hybridized carbons (Fsp3) is 0.700. The monoisotopic (exact) mass is 284 g/mol. The second-order valence-corrected chi connectivity index (χ2v) is 8.41. The summed E-state index contributed by atoms with van der Waals surface area (Å²) in [7, 11) is 0. The molecule has 21 heavy (non-hydrogen) atoms. The van der Waals surface area contributed by atoms with E-state index in [0.29, 0.717) is 11.3 Å². The van der Waals surface area contributed by atoms with E-state index in [-0.39, 0.29) is 6.10 Å². The molecule has 0 amide bonds. The van der Waals surface area contributed by atoms with Crippen LogP contribution in [-0.4, -0.2) is 11.2 Å². The molecule has 0 heterocycles. The summed E-state index contributed by atoms with van der Waals surface area (Å²) in [5.41, 5.74) is 3.29. The predicted molar refractivity (Wildman–Crippen MR) is 86.2 cm³/mol. The first-order chi connectivity index (χ1) is 10.1. The Morgan fingerprint density at radius 2 is 1.71 bits per heavy atom. The Hall–Kier alpha value is -0.820. The highest BCUT2D eigenvalue weighted by Gasteiger charge is 2.57. The van der Waals surface area contributed by atoms with Gasteiger partial charge in [0.1, 0.15) is 0 Å². The van der Waals surface area contributed by atoms with Crippen LogP contribution in [0.5, 0.6) is 0 Å². The minimum Gasteiger partial charge on any atom is -0.393 e. The van der Waals surface area contributed by atoms with Crippen LogP contribution >= 0.6 is 0 Å². The Balaban J connectivity index is 1.74. The van der Waals surface area contributed by atoms with E-state index in [1.165, 1.54) is 37.7 Å². The number of aryl methyl sites for hydroxylation is 1. The molecule has 1 heteroatoms. The Morgan fingerprint density at radius 3 is 2.29 bits per heavy atom. The molecular formula is C20H28O. The smallest absolute Gasteiger partial charge is 0.0517 e. The molecule has 0 radical (unpaired) electrons. The van der Waals surface area contributed by atoms with Gasteiger partial charge in [0.05, 0.1) is 6.10 Å². The Labute approximate surface area is 128 Å². The van der Waals surface area contributed by atoms with Gasteiger partial charge in [-0.25, -0.2) is 0 Å². The van der Waals surface area contributed by atoms with Gasteiger partial charge >= 0.3 is 0 Å². The van der Waals surface area contributed by atoms with Crippen molar-refractivity contribution in [1.29, 1.82) is 0 Å². The van der Waals surface area contributed by atoms with Crippen molar-refractivity contribution in [2.45, 2.75) is 64.4 Å². The van der Waals surface area contributed by atoms with Crippen LogP contribution in [0.1, 0.15) is 62.5 Å². The van der Waals surface area contributed by atoms with Gasteiger partial charge in [-0.05, 0) is 87.0 Å². The van der Waals surface area contributed by atoms with Gasteiger partial charge < -0.3 is 5.11 Å². The molecule has 4 fully saturated rings. The van der Waals surface area contributed by atoms with Crippen LogP contribution in [0.25, 0.3) is 0 Å². The first-order valence-corrected chi connectivity index (χ1v) is 8.80. The third kappa shape index (κ3) is 2.25. The second-order valence-electron chi connectivity index (χ2n) is 8.41. The van der Waals surface area contributed by atoms with Crippen LogP contribution < -0.4 is 0 Å². The number of benzene rings is 1. The van der Waals surface area contributed by atoms with Gasteiger partial charge in [-0.1, -0.05) is 29.8 Å². The topological polar surface area (TPSA) is 20.2 Å². The lowest BCUT2D eigenvalue weighted by atomic mass is 9.43. The van der Waals surface area contributed by atoms with Crippen LogP contribution in [0.3, 0.4) is 0 Å². The molecule has 1 N–H and O–H groups in total. The average molecular weight is 284 g/mol. The minimum absolute atomic E-state index is 0.158. The quantitative estimate of drug-likeness (QED) is 0.854. The lowest BCUT2D eigenvalue weighted by molar-refractivity contribution is -0.0947. The largest absolute Gasteiger partial charge is 0.393 e. The fourth-order valence-corrected chi connectivity index (χ4v) is 6.49. The van der Waals surface area contributed by atoms with E-state index >= 15 is 0 Å². The molecule has 0 aromatic heterocycles. The van der Waals surface area contributed by atoms with Crippen LogP contribution in [0.15, 0.2) is 24.3 Å². The maximum Gasteiger partial charge on any atom is 0.0517 e. The second kappa shape index (κ2) is 4.84. The zero-order chi connectivity index (χ0) is 14.6. The Morgan fingerprint density at radius 1 is 1.10 bits per heavy atom. The summed E-state index contributed by atoms with van der Waals surface area (Å²) in [5.74, 6) is 3.46. The van der Waals surface area contributed by atoms with E-state index in [1.807, 2.05) is 6.92 Å². The minimum atomic E-state index is -0.158. The molecule has 5 rings (SSSR count). The van der Waals surface area contributed by atoms with Crippen LogP contribution in [0, 0.1) is 30.1 Å². The summed E-state index contributed by atoms with van der Waals surface area (Å²) < 4.78 is 0. The molecule has 4 aliphatic carbocycles. The summed E-state index contributed by atoms with van der Waals surface area (Å²) in [5, 5.41) is 10.1. The highest BCUT2D eigenvalue weighted by molar-refractivity contribution is 5.30. The van der Waals surface area contributed by atoms with Crippen molar-refractivity contribution >= 4 is 0 Å². The number of hydrogen-bond donors (Lipinski definition) is 1. The lowest BCUT2D eigenvalue weighted by Crippen LogP contribution is -2.52. The van der Waals surface area contributed by atoms with Gasteiger partial charge in [0.2, 0.25) is 0 Å². The van der Waals surface area contributed by atoms with Crippen LogP contribution in [-0.2, 0) is 0 Å². The van der Waals surface area contributed by atoms with E-state index in [4.69, 9.17) is 0 Å². The van der Waals surface area contributed by atoms with Crippen molar-refractivity contribution in [1.82, 2.24) is 0 Å². The van der Waals surface area contributed by atoms with Gasteiger partial charge in [0.15, 0.2) is 0 Å². The molecule has 0 aliphatic heterocycles. The fourth-order valence-electron chi connectivity index (χ4n) is 6.49. The van der Waals surface area contributed by atoms with Crippen molar-refractivity contribution in [3.05, 3.63) is 35.4 Å². The van der Waals surface area contributed by atoms with E-state index in [1.54, 1.807) is 5.56 Å². The third-order valence-corrected chi connectivity index (χ3v) is 6.60. The highest BCUT2D eigenvalue weighted by Crippen LogP contribution is 2.67. The van der Waals surface area contributed by atoms with Gasteiger partial charge in [-0.3, -0.25) is 0 Å². The SMILES string of the molecule is Cc1ccc(C2C3CC4CC(C3)CC2(CC(C)O)C4)cc1. The van der Waals surface area contributed by atoms with E-state index in [9.17, 15) is 5.11 Å². The molecule has 1 aromatic carbocycles. The zero-order valence-corrected chi connectivity index (χ0v) is 13.4. The van der Waals surface area contributed by atoms with Gasteiger partial charge in [-0.2, -0.15) is 0 Å². The summed E-state index contributed by atoms with van der Waals surface area (Å²) in [6, 6.07) is 9.28. The van der Waals surface area contributed by atoms with Gasteiger partial charge in [-0.15, -0.1) is 0 Å².